The van der Waals surface area contributed by atoms with Crippen molar-refractivity contribution in [1.82, 2.24) is 19.1 Å². The van der Waals surface area contributed by atoms with E-state index in [1.54, 1.807) is 24.3 Å². The van der Waals surface area contributed by atoms with Gasteiger partial charge in [-0.3, -0.25) is 19.1 Å². The van der Waals surface area contributed by atoms with Gasteiger partial charge in [-0.05, 0) is 24.3 Å². The summed E-state index contributed by atoms with van der Waals surface area (Å²) < 4.78 is 7.53. The summed E-state index contributed by atoms with van der Waals surface area (Å²) in [5, 5.41) is 9.51. The minimum atomic E-state index is -0.659. The zero-order chi connectivity index (χ0) is 18.1. The summed E-state index contributed by atoms with van der Waals surface area (Å²) in [5.74, 6) is 0.473. The molecule has 0 spiro atoms. The van der Waals surface area contributed by atoms with Crippen molar-refractivity contribution in [2.24, 2.45) is 7.05 Å². The number of Topliss-reactive ketones (excluding diaryl/α,β-unsaturated/α-hetero) is 1. The summed E-state index contributed by atoms with van der Waals surface area (Å²) in [5.41, 5.74) is -0.679. The quantitative estimate of drug-likeness (QED) is 0.619. The zero-order valence-electron chi connectivity index (χ0n) is 13.6. The number of fused-ring (bicyclic) bond motifs is 1. The van der Waals surface area contributed by atoms with Crippen LogP contribution < -0.4 is 16.0 Å². The molecule has 0 aliphatic carbocycles. The monoisotopic (exact) mass is 344 g/mol. The minimum absolute atomic E-state index is 0.0630. The lowest BCUT2D eigenvalue weighted by molar-refractivity contribution is 0.0970. The molecule has 1 aromatic carbocycles. The van der Waals surface area contributed by atoms with Crippen LogP contribution in [0.4, 0.5) is 0 Å². The Morgan fingerprint density at radius 2 is 1.96 bits per heavy atom. The number of ketones is 1. The number of ether oxygens (including phenoxy) is 1. The standard InChI is InChI=1S/C16H16N4O5/c1-19-14-13(15(23)18-16(19)24)20(12(8-21)17-14)7-11(22)9-3-5-10(25-2)6-4-9/h3-6,21H,7-8H2,1-2H3,(H,18,23,24). The van der Waals surface area contributed by atoms with Gasteiger partial charge in [-0.25, -0.2) is 9.78 Å². The first-order chi connectivity index (χ1) is 12.0. The van der Waals surface area contributed by atoms with Gasteiger partial charge in [0.15, 0.2) is 16.9 Å². The molecule has 2 heterocycles. The molecule has 25 heavy (non-hydrogen) atoms. The third-order valence-corrected chi connectivity index (χ3v) is 3.94. The number of nitrogens with one attached hydrogen (secondary N) is 1. The van der Waals surface area contributed by atoms with Gasteiger partial charge >= 0.3 is 5.69 Å². The van der Waals surface area contributed by atoms with Crippen LogP contribution in [-0.2, 0) is 20.2 Å². The number of aliphatic hydroxyl groups excluding tert-OH is 1. The summed E-state index contributed by atoms with van der Waals surface area (Å²) >= 11 is 0. The van der Waals surface area contributed by atoms with Crippen LogP contribution in [0.2, 0.25) is 0 Å². The normalized spacial score (nSPS) is 11.0. The number of imidazole rings is 1. The second kappa shape index (κ2) is 6.36. The van der Waals surface area contributed by atoms with Crippen LogP contribution in [0.25, 0.3) is 11.2 Å². The number of nitrogens with zero attached hydrogens (tertiary/aromatic N) is 3. The molecule has 0 radical (unpaired) electrons. The van der Waals surface area contributed by atoms with E-state index in [2.05, 4.69) is 9.97 Å². The number of rotatable bonds is 5. The Balaban J connectivity index is 2.08. The van der Waals surface area contributed by atoms with Crippen molar-refractivity contribution in [2.75, 3.05) is 7.11 Å². The van der Waals surface area contributed by atoms with Gasteiger partial charge in [-0.15, -0.1) is 0 Å². The van der Waals surface area contributed by atoms with E-state index in [-0.39, 0.29) is 29.3 Å². The van der Waals surface area contributed by atoms with Gasteiger partial charge < -0.3 is 14.4 Å². The molecule has 2 aromatic heterocycles. The maximum absolute atomic E-state index is 12.5. The molecular weight excluding hydrogens is 328 g/mol. The lowest BCUT2D eigenvalue weighted by Crippen LogP contribution is -2.29. The van der Waals surface area contributed by atoms with Crippen LogP contribution in [-0.4, -0.2) is 37.1 Å². The average molecular weight is 344 g/mol. The molecule has 9 heteroatoms. The van der Waals surface area contributed by atoms with Crippen molar-refractivity contribution >= 4 is 16.9 Å². The van der Waals surface area contributed by atoms with E-state index in [9.17, 15) is 19.5 Å². The Hall–Kier alpha value is -3.20. The van der Waals surface area contributed by atoms with E-state index in [0.29, 0.717) is 11.3 Å². The van der Waals surface area contributed by atoms with Gasteiger partial charge in [0.25, 0.3) is 5.56 Å². The number of benzene rings is 1. The number of aromatic nitrogens is 4. The van der Waals surface area contributed by atoms with Gasteiger partial charge in [0, 0.05) is 12.6 Å². The molecule has 2 N–H and O–H groups in total. The lowest BCUT2D eigenvalue weighted by atomic mass is 10.1. The fourth-order valence-electron chi connectivity index (χ4n) is 2.58. The number of carbonyl (C=O) groups is 1. The first-order valence-electron chi connectivity index (χ1n) is 7.42. The van der Waals surface area contributed by atoms with E-state index >= 15 is 0 Å². The van der Waals surface area contributed by atoms with Crippen molar-refractivity contribution in [3.8, 4) is 5.75 Å². The first kappa shape index (κ1) is 16.7. The third kappa shape index (κ3) is 2.85. The molecule has 130 valence electrons. The molecular formula is C16H16N4O5. The fraction of sp³-hybridized carbons (Fsp3) is 0.250. The topological polar surface area (TPSA) is 119 Å². The van der Waals surface area contributed by atoms with Gasteiger partial charge in [0.05, 0.1) is 13.7 Å². The second-order valence-electron chi connectivity index (χ2n) is 5.41. The summed E-state index contributed by atoms with van der Waals surface area (Å²) in [7, 11) is 2.98. The van der Waals surface area contributed by atoms with Crippen LogP contribution in [0.5, 0.6) is 5.75 Å². The first-order valence-corrected chi connectivity index (χ1v) is 7.42. The van der Waals surface area contributed by atoms with E-state index in [1.807, 2.05) is 0 Å². The molecule has 3 aromatic rings. The molecule has 0 amide bonds. The van der Waals surface area contributed by atoms with Crippen molar-refractivity contribution in [2.45, 2.75) is 13.2 Å². The van der Waals surface area contributed by atoms with Gasteiger partial charge in [-0.2, -0.15) is 0 Å². The van der Waals surface area contributed by atoms with E-state index in [4.69, 9.17) is 4.74 Å². The maximum atomic E-state index is 12.5. The summed E-state index contributed by atoms with van der Waals surface area (Å²) in [6.07, 6.45) is 0. The Labute approximate surface area is 141 Å². The summed E-state index contributed by atoms with van der Waals surface area (Å²) in [6.45, 7) is -0.668. The van der Waals surface area contributed by atoms with E-state index in [1.165, 1.54) is 18.7 Å². The van der Waals surface area contributed by atoms with Crippen LogP contribution in [0, 0.1) is 0 Å². The number of hydrogen-bond acceptors (Lipinski definition) is 6. The van der Waals surface area contributed by atoms with Crippen molar-refractivity contribution in [3.63, 3.8) is 0 Å². The van der Waals surface area contributed by atoms with Crippen molar-refractivity contribution in [1.29, 1.82) is 0 Å². The van der Waals surface area contributed by atoms with Crippen LogP contribution in [0.1, 0.15) is 16.2 Å². The molecule has 0 aliphatic heterocycles. The Morgan fingerprint density at radius 1 is 1.28 bits per heavy atom. The molecule has 0 saturated heterocycles. The molecule has 0 atom stereocenters. The molecule has 0 saturated carbocycles. The van der Waals surface area contributed by atoms with Crippen LogP contribution >= 0.6 is 0 Å². The lowest BCUT2D eigenvalue weighted by Gasteiger charge is -2.07. The number of methoxy groups -OCH3 is 1. The Bertz CT molecular complexity index is 1060. The zero-order valence-corrected chi connectivity index (χ0v) is 13.6. The number of hydrogen-bond donors (Lipinski definition) is 2. The molecule has 0 fully saturated rings. The fourth-order valence-corrected chi connectivity index (χ4v) is 2.58. The number of aliphatic hydroxyl groups is 1. The summed E-state index contributed by atoms with van der Waals surface area (Å²) in [4.78, 5) is 42.7. The third-order valence-electron chi connectivity index (χ3n) is 3.94. The van der Waals surface area contributed by atoms with E-state index in [0.717, 1.165) is 4.57 Å². The molecule has 0 bridgehead atoms. The van der Waals surface area contributed by atoms with Crippen molar-refractivity contribution in [3.05, 3.63) is 56.5 Å². The average Bonchev–Trinajstić information content (AvgIpc) is 2.98. The number of carbonyl (C=O) groups excluding carboxylic acids is 1. The maximum Gasteiger partial charge on any atom is 0.329 e. The molecule has 9 nitrogen and oxygen atoms in total. The number of aryl methyl sites for hydroxylation is 1. The number of H-pyrrole nitrogens is 1. The smallest absolute Gasteiger partial charge is 0.329 e. The Kier molecular flexibility index (Phi) is 4.24. The predicted octanol–water partition coefficient (Wildman–Crippen LogP) is -0.193. The van der Waals surface area contributed by atoms with Crippen LogP contribution in [0.3, 0.4) is 0 Å². The van der Waals surface area contributed by atoms with Gasteiger partial charge in [0.1, 0.15) is 18.2 Å². The Morgan fingerprint density at radius 3 is 2.56 bits per heavy atom. The highest BCUT2D eigenvalue weighted by atomic mass is 16.5. The highest BCUT2D eigenvalue weighted by molar-refractivity contribution is 5.96. The second-order valence-corrected chi connectivity index (χ2v) is 5.41. The highest BCUT2D eigenvalue weighted by Crippen LogP contribution is 2.15. The van der Waals surface area contributed by atoms with Gasteiger partial charge in [-0.1, -0.05) is 0 Å². The SMILES string of the molecule is COc1ccc(C(=O)Cn2c(CO)nc3c2c(=O)[nH]c(=O)n3C)cc1. The largest absolute Gasteiger partial charge is 0.497 e. The van der Waals surface area contributed by atoms with Gasteiger partial charge in [0.2, 0.25) is 0 Å². The number of aromatic amines is 1. The molecule has 3 rings (SSSR count). The predicted molar refractivity (Wildman–Crippen MR) is 88.8 cm³/mol. The summed E-state index contributed by atoms with van der Waals surface area (Å²) in [6, 6.07) is 6.53. The highest BCUT2D eigenvalue weighted by Gasteiger charge is 2.19. The van der Waals surface area contributed by atoms with Crippen molar-refractivity contribution < 1.29 is 14.6 Å². The van der Waals surface area contributed by atoms with Crippen LogP contribution in [0.15, 0.2) is 33.9 Å². The van der Waals surface area contributed by atoms with E-state index < -0.39 is 17.9 Å². The minimum Gasteiger partial charge on any atom is -0.497 e. The molecule has 0 unspecified atom stereocenters. The molecule has 0 aliphatic rings.